The highest BCUT2D eigenvalue weighted by Gasteiger charge is 2.27. The molecule has 0 spiro atoms. The van der Waals surface area contributed by atoms with Crippen LogP contribution >= 0.6 is 0 Å². The zero-order chi connectivity index (χ0) is 14.6. The molecule has 0 heterocycles. The van der Waals surface area contributed by atoms with E-state index in [1.165, 1.54) is 6.42 Å². The Labute approximate surface area is 116 Å². The van der Waals surface area contributed by atoms with E-state index in [9.17, 15) is 0 Å². The monoisotopic (exact) mass is 256 g/mol. The summed E-state index contributed by atoms with van der Waals surface area (Å²) in [5.41, 5.74) is 0.559. The van der Waals surface area contributed by atoms with Crippen LogP contribution in [0.5, 0.6) is 0 Å². The molecular weight excluding hydrogens is 220 g/mol. The van der Waals surface area contributed by atoms with Crippen molar-refractivity contribution in [1.82, 2.24) is 10.2 Å². The van der Waals surface area contributed by atoms with Crippen LogP contribution in [0.1, 0.15) is 61.8 Å². The normalized spacial score (nSPS) is 18.2. The second kappa shape index (κ2) is 6.91. The predicted molar refractivity (Wildman–Crippen MR) is 83.1 cm³/mol. The van der Waals surface area contributed by atoms with Crippen LogP contribution in [0.2, 0.25) is 0 Å². The zero-order valence-electron chi connectivity index (χ0n) is 14.2. The van der Waals surface area contributed by atoms with Gasteiger partial charge in [0.2, 0.25) is 0 Å². The van der Waals surface area contributed by atoms with Crippen molar-refractivity contribution in [2.75, 3.05) is 20.1 Å². The number of hydrogen-bond donors (Lipinski definition) is 1. The standard InChI is InChI=1S/C16H36N2/c1-10-16(8,11-17-15(5,6)7)12-18(9)14(4)13(2)3/h13-14,17H,10-12H2,1-9H3. The smallest absolute Gasteiger partial charge is 0.00967 e. The van der Waals surface area contributed by atoms with E-state index in [-0.39, 0.29) is 5.54 Å². The highest BCUT2D eigenvalue weighted by molar-refractivity contribution is 4.84. The van der Waals surface area contributed by atoms with Gasteiger partial charge in [0.15, 0.2) is 0 Å². The number of nitrogens with one attached hydrogen (secondary N) is 1. The summed E-state index contributed by atoms with van der Waals surface area (Å²) in [6.07, 6.45) is 1.21. The van der Waals surface area contributed by atoms with Crippen LogP contribution in [0.15, 0.2) is 0 Å². The van der Waals surface area contributed by atoms with Crippen LogP contribution in [0.4, 0.5) is 0 Å². The fraction of sp³-hybridized carbons (Fsp3) is 1.00. The first-order valence-corrected chi connectivity index (χ1v) is 7.46. The van der Waals surface area contributed by atoms with Gasteiger partial charge in [-0.15, -0.1) is 0 Å². The first-order chi connectivity index (χ1) is 8.01. The van der Waals surface area contributed by atoms with Gasteiger partial charge in [0, 0.05) is 24.7 Å². The Kier molecular flexibility index (Phi) is 6.87. The summed E-state index contributed by atoms with van der Waals surface area (Å²) >= 11 is 0. The van der Waals surface area contributed by atoms with Gasteiger partial charge in [0.05, 0.1) is 0 Å². The third kappa shape index (κ3) is 6.75. The van der Waals surface area contributed by atoms with Crippen LogP contribution < -0.4 is 5.32 Å². The first kappa shape index (κ1) is 17.9. The maximum atomic E-state index is 3.66. The molecule has 0 aromatic rings. The molecule has 0 fully saturated rings. The second-order valence-electron chi connectivity index (χ2n) is 7.67. The largest absolute Gasteiger partial charge is 0.311 e. The van der Waals surface area contributed by atoms with Crippen LogP contribution in [-0.4, -0.2) is 36.6 Å². The van der Waals surface area contributed by atoms with Crippen molar-refractivity contribution in [2.24, 2.45) is 11.3 Å². The number of rotatable bonds is 7. The van der Waals surface area contributed by atoms with Crippen molar-refractivity contribution in [3.8, 4) is 0 Å². The summed E-state index contributed by atoms with van der Waals surface area (Å²) in [6, 6.07) is 0.644. The van der Waals surface area contributed by atoms with Crippen molar-refractivity contribution in [1.29, 1.82) is 0 Å². The van der Waals surface area contributed by atoms with Gasteiger partial charge in [0.25, 0.3) is 0 Å². The maximum Gasteiger partial charge on any atom is 0.00967 e. The van der Waals surface area contributed by atoms with Crippen molar-refractivity contribution in [3.05, 3.63) is 0 Å². The Morgan fingerprint density at radius 3 is 1.89 bits per heavy atom. The molecule has 0 bridgehead atoms. The molecule has 0 aromatic heterocycles. The van der Waals surface area contributed by atoms with E-state index in [4.69, 9.17) is 0 Å². The minimum atomic E-state index is 0.207. The SMILES string of the molecule is CCC(C)(CNC(C)(C)C)CN(C)C(C)C(C)C. The van der Waals surface area contributed by atoms with Crippen LogP contribution in [0.3, 0.4) is 0 Å². The summed E-state index contributed by atoms with van der Waals surface area (Å²) in [6.45, 7) is 20.6. The van der Waals surface area contributed by atoms with Crippen LogP contribution in [0, 0.1) is 11.3 Å². The van der Waals surface area contributed by atoms with Crippen molar-refractivity contribution >= 4 is 0 Å². The van der Waals surface area contributed by atoms with Gasteiger partial charge in [-0.3, -0.25) is 0 Å². The third-order valence-electron chi connectivity index (χ3n) is 4.19. The van der Waals surface area contributed by atoms with Gasteiger partial charge in [-0.25, -0.2) is 0 Å². The van der Waals surface area contributed by atoms with Gasteiger partial charge in [-0.1, -0.05) is 27.7 Å². The Morgan fingerprint density at radius 1 is 1.06 bits per heavy atom. The van der Waals surface area contributed by atoms with E-state index < -0.39 is 0 Å². The Bertz CT molecular complexity index is 230. The Hall–Kier alpha value is -0.0800. The quantitative estimate of drug-likeness (QED) is 0.746. The summed E-state index contributed by atoms with van der Waals surface area (Å²) < 4.78 is 0. The lowest BCUT2D eigenvalue weighted by molar-refractivity contribution is 0.119. The average Bonchev–Trinajstić information content (AvgIpc) is 2.24. The van der Waals surface area contributed by atoms with E-state index in [0.29, 0.717) is 17.4 Å². The van der Waals surface area contributed by atoms with Gasteiger partial charge in [-0.2, -0.15) is 0 Å². The molecule has 2 atom stereocenters. The van der Waals surface area contributed by atoms with E-state index in [1.54, 1.807) is 0 Å². The first-order valence-electron chi connectivity index (χ1n) is 7.46. The molecule has 1 N–H and O–H groups in total. The summed E-state index contributed by atoms with van der Waals surface area (Å²) in [4.78, 5) is 2.51. The Morgan fingerprint density at radius 2 is 1.56 bits per heavy atom. The molecule has 0 radical (unpaired) electrons. The molecule has 2 unspecified atom stereocenters. The molecule has 0 rings (SSSR count). The summed E-state index contributed by atoms with van der Waals surface area (Å²) in [5, 5.41) is 3.66. The van der Waals surface area contributed by atoms with Crippen molar-refractivity contribution in [3.63, 3.8) is 0 Å². The average molecular weight is 256 g/mol. The molecule has 2 heteroatoms. The fourth-order valence-electron chi connectivity index (χ4n) is 2.03. The van der Waals surface area contributed by atoms with Gasteiger partial charge < -0.3 is 10.2 Å². The van der Waals surface area contributed by atoms with E-state index in [0.717, 1.165) is 13.1 Å². The molecular formula is C16H36N2. The number of nitrogens with zero attached hydrogens (tertiary/aromatic N) is 1. The molecule has 0 aliphatic heterocycles. The topological polar surface area (TPSA) is 15.3 Å². The van der Waals surface area contributed by atoms with Crippen LogP contribution in [0.25, 0.3) is 0 Å². The molecule has 2 nitrogen and oxygen atoms in total. The zero-order valence-corrected chi connectivity index (χ0v) is 14.2. The lowest BCUT2D eigenvalue weighted by atomic mass is 9.85. The van der Waals surface area contributed by atoms with Gasteiger partial charge in [0.1, 0.15) is 0 Å². The highest BCUT2D eigenvalue weighted by atomic mass is 15.1. The minimum absolute atomic E-state index is 0.207. The second-order valence-corrected chi connectivity index (χ2v) is 7.67. The molecule has 0 saturated carbocycles. The van der Waals surface area contributed by atoms with E-state index >= 15 is 0 Å². The summed E-state index contributed by atoms with van der Waals surface area (Å²) in [5.74, 6) is 0.715. The molecule has 0 aliphatic carbocycles. The van der Waals surface area contributed by atoms with Crippen LogP contribution in [-0.2, 0) is 0 Å². The molecule has 110 valence electrons. The molecule has 0 saturated heterocycles. The third-order valence-corrected chi connectivity index (χ3v) is 4.19. The highest BCUT2D eigenvalue weighted by Crippen LogP contribution is 2.24. The maximum absolute atomic E-state index is 3.66. The van der Waals surface area contributed by atoms with E-state index in [2.05, 4.69) is 72.7 Å². The van der Waals surface area contributed by atoms with Gasteiger partial charge >= 0.3 is 0 Å². The molecule has 0 aliphatic rings. The molecule has 18 heavy (non-hydrogen) atoms. The van der Waals surface area contributed by atoms with Gasteiger partial charge in [-0.05, 0) is 52.5 Å². The summed E-state index contributed by atoms with van der Waals surface area (Å²) in [7, 11) is 2.26. The number of hydrogen-bond acceptors (Lipinski definition) is 2. The van der Waals surface area contributed by atoms with E-state index in [1.807, 2.05) is 0 Å². The minimum Gasteiger partial charge on any atom is -0.311 e. The lowest BCUT2D eigenvalue weighted by Gasteiger charge is -2.39. The molecule has 0 amide bonds. The van der Waals surface area contributed by atoms with Crippen molar-refractivity contribution < 1.29 is 0 Å². The lowest BCUT2D eigenvalue weighted by Crippen LogP contribution is -2.48. The predicted octanol–water partition coefficient (Wildman–Crippen LogP) is 3.77. The van der Waals surface area contributed by atoms with Crippen molar-refractivity contribution in [2.45, 2.75) is 73.4 Å². The fourth-order valence-corrected chi connectivity index (χ4v) is 2.03. The molecule has 0 aromatic carbocycles. The Balaban J connectivity index is 4.47.